The number of thioether (sulfide) groups is 1. The second-order valence-corrected chi connectivity index (χ2v) is 5.13. The van der Waals surface area contributed by atoms with Crippen LogP contribution in [0.15, 0.2) is 24.3 Å². The lowest BCUT2D eigenvalue weighted by molar-refractivity contribution is -0.114. The topological polar surface area (TPSA) is 41.1 Å². The van der Waals surface area contributed by atoms with Crippen LogP contribution in [0.25, 0.3) is 0 Å². The molecule has 0 unspecified atom stereocenters. The van der Waals surface area contributed by atoms with Crippen molar-refractivity contribution in [2.24, 2.45) is 0 Å². The molecule has 0 saturated carbocycles. The molecular formula is C13H20N2OS. The molecule has 0 spiro atoms. The number of carbonyl (C=O) groups is 1. The molecule has 94 valence electrons. The van der Waals surface area contributed by atoms with Gasteiger partial charge in [-0.05, 0) is 42.2 Å². The zero-order valence-electron chi connectivity index (χ0n) is 10.5. The SMILES string of the molecule is CCSCCCNc1ccc(NC(C)=O)cc1. The Kier molecular flexibility index (Phi) is 6.55. The monoisotopic (exact) mass is 252 g/mol. The minimum absolute atomic E-state index is 0.0395. The zero-order valence-corrected chi connectivity index (χ0v) is 11.3. The van der Waals surface area contributed by atoms with Crippen molar-refractivity contribution in [2.75, 3.05) is 28.7 Å². The second-order valence-electron chi connectivity index (χ2n) is 3.74. The number of nitrogens with one attached hydrogen (secondary N) is 2. The molecule has 1 rings (SSSR count). The summed E-state index contributed by atoms with van der Waals surface area (Å²) in [5.41, 5.74) is 1.94. The largest absolute Gasteiger partial charge is 0.385 e. The first-order chi connectivity index (χ1) is 8.22. The number of anilines is 2. The molecule has 4 heteroatoms. The minimum atomic E-state index is -0.0395. The summed E-state index contributed by atoms with van der Waals surface area (Å²) in [7, 11) is 0. The predicted molar refractivity (Wildman–Crippen MR) is 76.9 cm³/mol. The van der Waals surface area contributed by atoms with Crippen LogP contribution in [0.5, 0.6) is 0 Å². The van der Waals surface area contributed by atoms with Gasteiger partial charge in [0.05, 0.1) is 0 Å². The Morgan fingerprint density at radius 3 is 2.47 bits per heavy atom. The highest BCUT2D eigenvalue weighted by atomic mass is 32.2. The van der Waals surface area contributed by atoms with Crippen LogP contribution in [-0.4, -0.2) is 24.0 Å². The van der Waals surface area contributed by atoms with Gasteiger partial charge in [0.1, 0.15) is 0 Å². The Morgan fingerprint density at radius 2 is 1.88 bits per heavy atom. The fourth-order valence-electron chi connectivity index (χ4n) is 1.43. The first-order valence-electron chi connectivity index (χ1n) is 5.91. The lowest BCUT2D eigenvalue weighted by Crippen LogP contribution is -2.06. The zero-order chi connectivity index (χ0) is 12.5. The van der Waals surface area contributed by atoms with Gasteiger partial charge in [-0.2, -0.15) is 11.8 Å². The van der Waals surface area contributed by atoms with Crippen molar-refractivity contribution >= 4 is 29.0 Å². The maximum atomic E-state index is 10.8. The lowest BCUT2D eigenvalue weighted by Gasteiger charge is -2.07. The van der Waals surface area contributed by atoms with Gasteiger partial charge in [-0.3, -0.25) is 4.79 Å². The third kappa shape index (κ3) is 6.22. The second kappa shape index (κ2) is 8.01. The van der Waals surface area contributed by atoms with Crippen molar-refractivity contribution in [1.29, 1.82) is 0 Å². The van der Waals surface area contributed by atoms with E-state index in [-0.39, 0.29) is 5.91 Å². The summed E-state index contributed by atoms with van der Waals surface area (Å²) in [5.74, 6) is 2.35. The van der Waals surface area contributed by atoms with Gasteiger partial charge in [0.15, 0.2) is 0 Å². The molecule has 0 atom stereocenters. The van der Waals surface area contributed by atoms with E-state index in [9.17, 15) is 4.79 Å². The van der Waals surface area contributed by atoms with Gasteiger partial charge < -0.3 is 10.6 Å². The maximum absolute atomic E-state index is 10.8. The van der Waals surface area contributed by atoms with Crippen molar-refractivity contribution in [2.45, 2.75) is 20.3 Å². The molecule has 1 amide bonds. The molecule has 0 radical (unpaired) electrons. The summed E-state index contributed by atoms with van der Waals surface area (Å²) in [5, 5.41) is 6.10. The van der Waals surface area contributed by atoms with Crippen molar-refractivity contribution in [3.63, 3.8) is 0 Å². The quantitative estimate of drug-likeness (QED) is 0.732. The molecule has 0 aliphatic heterocycles. The van der Waals surface area contributed by atoms with E-state index in [1.807, 2.05) is 36.0 Å². The molecule has 3 nitrogen and oxygen atoms in total. The fourth-order valence-corrected chi connectivity index (χ4v) is 2.06. The Morgan fingerprint density at radius 1 is 1.24 bits per heavy atom. The van der Waals surface area contributed by atoms with Gasteiger partial charge in [0.2, 0.25) is 5.91 Å². The van der Waals surface area contributed by atoms with E-state index < -0.39 is 0 Å². The molecule has 17 heavy (non-hydrogen) atoms. The van der Waals surface area contributed by atoms with E-state index >= 15 is 0 Å². The molecule has 2 N–H and O–H groups in total. The summed E-state index contributed by atoms with van der Waals surface area (Å²) >= 11 is 1.97. The lowest BCUT2D eigenvalue weighted by atomic mass is 10.2. The standard InChI is InChI=1S/C13H20N2OS/c1-3-17-10-4-9-14-12-5-7-13(8-6-12)15-11(2)16/h5-8,14H,3-4,9-10H2,1-2H3,(H,15,16). The van der Waals surface area contributed by atoms with Gasteiger partial charge in [0, 0.05) is 24.8 Å². The number of benzene rings is 1. The summed E-state index contributed by atoms with van der Waals surface area (Å²) in [6.45, 7) is 4.68. The third-order valence-corrected chi connectivity index (χ3v) is 3.19. The van der Waals surface area contributed by atoms with Crippen LogP contribution in [0.2, 0.25) is 0 Å². The number of hydrogen-bond donors (Lipinski definition) is 2. The Balaban J connectivity index is 2.28. The van der Waals surface area contributed by atoms with Crippen LogP contribution < -0.4 is 10.6 Å². The molecule has 0 aliphatic carbocycles. The number of carbonyl (C=O) groups excluding carboxylic acids is 1. The number of hydrogen-bond acceptors (Lipinski definition) is 3. The molecule has 0 fully saturated rings. The van der Waals surface area contributed by atoms with Crippen LogP contribution in [-0.2, 0) is 4.79 Å². The summed E-state index contributed by atoms with van der Waals surface area (Å²) in [6, 6.07) is 7.78. The van der Waals surface area contributed by atoms with Gasteiger partial charge in [-0.1, -0.05) is 6.92 Å². The third-order valence-electron chi connectivity index (χ3n) is 2.20. The molecule has 0 aliphatic rings. The van der Waals surface area contributed by atoms with Crippen molar-refractivity contribution in [1.82, 2.24) is 0 Å². The van der Waals surface area contributed by atoms with Crippen LogP contribution in [0.4, 0.5) is 11.4 Å². The minimum Gasteiger partial charge on any atom is -0.385 e. The summed E-state index contributed by atoms with van der Waals surface area (Å²) in [4.78, 5) is 10.8. The van der Waals surface area contributed by atoms with E-state index in [1.165, 1.54) is 24.9 Å². The first-order valence-corrected chi connectivity index (χ1v) is 7.07. The molecule has 0 aromatic heterocycles. The molecule has 0 saturated heterocycles. The van der Waals surface area contributed by atoms with Gasteiger partial charge in [-0.25, -0.2) is 0 Å². The average molecular weight is 252 g/mol. The smallest absolute Gasteiger partial charge is 0.221 e. The molecule has 1 aromatic rings. The Labute approximate surface area is 107 Å². The molecule has 0 heterocycles. The maximum Gasteiger partial charge on any atom is 0.221 e. The Hall–Kier alpha value is -1.16. The Bertz CT molecular complexity index is 338. The van der Waals surface area contributed by atoms with Crippen molar-refractivity contribution < 1.29 is 4.79 Å². The number of rotatable bonds is 7. The van der Waals surface area contributed by atoms with Crippen molar-refractivity contribution in [3.05, 3.63) is 24.3 Å². The van der Waals surface area contributed by atoms with Gasteiger partial charge in [0.25, 0.3) is 0 Å². The highest BCUT2D eigenvalue weighted by Crippen LogP contribution is 2.13. The highest BCUT2D eigenvalue weighted by Gasteiger charge is 1.96. The number of amides is 1. The normalized spacial score (nSPS) is 10.0. The van der Waals surface area contributed by atoms with E-state index in [0.717, 1.165) is 17.9 Å². The van der Waals surface area contributed by atoms with E-state index in [0.29, 0.717) is 0 Å². The van der Waals surface area contributed by atoms with Crippen LogP contribution in [0, 0.1) is 0 Å². The van der Waals surface area contributed by atoms with Gasteiger partial charge >= 0.3 is 0 Å². The summed E-state index contributed by atoms with van der Waals surface area (Å²) in [6.07, 6.45) is 1.17. The summed E-state index contributed by atoms with van der Waals surface area (Å²) < 4.78 is 0. The highest BCUT2D eigenvalue weighted by molar-refractivity contribution is 7.99. The van der Waals surface area contributed by atoms with E-state index in [4.69, 9.17) is 0 Å². The molecular weight excluding hydrogens is 232 g/mol. The first kappa shape index (κ1) is 13.9. The fraction of sp³-hybridized carbons (Fsp3) is 0.462. The average Bonchev–Trinajstić information content (AvgIpc) is 2.30. The predicted octanol–water partition coefficient (Wildman–Crippen LogP) is 3.20. The molecule has 0 bridgehead atoms. The van der Waals surface area contributed by atoms with Gasteiger partial charge in [-0.15, -0.1) is 0 Å². The van der Waals surface area contributed by atoms with Crippen molar-refractivity contribution in [3.8, 4) is 0 Å². The van der Waals surface area contributed by atoms with Crippen LogP contribution in [0.3, 0.4) is 0 Å². The van der Waals surface area contributed by atoms with Crippen LogP contribution in [0.1, 0.15) is 20.3 Å². The molecule has 1 aromatic carbocycles. The van der Waals surface area contributed by atoms with E-state index in [1.54, 1.807) is 0 Å². The van der Waals surface area contributed by atoms with Crippen LogP contribution >= 0.6 is 11.8 Å². The van der Waals surface area contributed by atoms with E-state index in [2.05, 4.69) is 17.6 Å².